The van der Waals surface area contributed by atoms with E-state index in [0.29, 0.717) is 19.2 Å². The number of ether oxygens (including phenoxy) is 1. The molecule has 33 heavy (non-hydrogen) atoms. The Labute approximate surface area is 198 Å². The van der Waals surface area contributed by atoms with Gasteiger partial charge in [0.1, 0.15) is 5.60 Å². The number of nitrogens with zero attached hydrogens (tertiary/aromatic N) is 1. The van der Waals surface area contributed by atoms with Crippen LogP contribution in [0.4, 0.5) is 13.2 Å². The van der Waals surface area contributed by atoms with E-state index in [1.54, 1.807) is 17.0 Å². The third kappa shape index (κ3) is 4.54. The molecular weight excluding hydrogens is 478 g/mol. The van der Waals surface area contributed by atoms with Gasteiger partial charge in [-0.15, -0.1) is 0 Å². The zero-order chi connectivity index (χ0) is 24.1. The molecule has 9 heteroatoms. The SMILES string of the molecule is CC(C)C(=O)N1CC2(C1)OCc1cc(C(=O)C=C(c3cc(Cl)cc(Cl)c3)C(F)(F)F)ccc12. The highest BCUT2D eigenvalue weighted by Crippen LogP contribution is 2.44. The quantitative estimate of drug-likeness (QED) is 0.381. The van der Waals surface area contributed by atoms with Crippen LogP contribution in [0.2, 0.25) is 10.0 Å². The lowest BCUT2D eigenvalue weighted by molar-refractivity contribution is -0.171. The van der Waals surface area contributed by atoms with Crippen LogP contribution in [-0.2, 0) is 21.7 Å². The van der Waals surface area contributed by atoms with Crippen molar-refractivity contribution in [3.8, 4) is 0 Å². The Bertz CT molecular complexity index is 1150. The molecular formula is C24H20Cl2F3NO3. The van der Waals surface area contributed by atoms with Crippen LogP contribution in [0.5, 0.6) is 0 Å². The molecule has 2 aliphatic rings. The molecule has 1 fully saturated rings. The highest BCUT2D eigenvalue weighted by Gasteiger charge is 2.51. The highest BCUT2D eigenvalue weighted by atomic mass is 35.5. The van der Waals surface area contributed by atoms with E-state index >= 15 is 0 Å². The van der Waals surface area contributed by atoms with Gasteiger partial charge in [-0.1, -0.05) is 49.2 Å². The van der Waals surface area contributed by atoms with Gasteiger partial charge in [0, 0.05) is 21.5 Å². The van der Waals surface area contributed by atoms with E-state index in [1.165, 1.54) is 12.1 Å². The maximum Gasteiger partial charge on any atom is 0.417 e. The van der Waals surface area contributed by atoms with Crippen molar-refractivity contribution in [2.24, 2.45) is 5.92 Å². The molecule has 4 rings (SSSR count). The second-order valence-electron chi connectivity index (χ2n) is 8.58. The van der Waals surface area contributed by atoms with Gasteiger partial charge in [-0.2, -0.15) is 13.2 Å². The van der Waals surface area contributed by atoms with Gasteiger partial charge in [0.15, 0.2) is 5.78 Å². The molecule has 2 aromatic rings. The first-order valence-electron chi connectivity index (χ1n) is 10.3. The summed E-state index contributed by atoms with van der Waals surface area (Å²) in [7, 11) is 0. The zero-order valence-corrected chi connectivity index (χ0v) is 19.3. The monoisotopic (exact) mass is 497 g/mol. The minimum atomic E-state index is -4.79. The number of rotatable bonds is 4. The van der Waals surface area contributed by atoms with Crippen molar-refractivity contribution < 1.29 is 27.5 Å². The summed E-state index contributed by atoms with van der Waals surface area (Å²) in [5.41, 5.74) is -0.350. The number of carbonyl (C=O) groups is 2. The average Bonchev–Trinajstić information content (AvgIpc) is 3.07. The summed E-state index contributed by atoms with van der Waals surface area (Å²) in [6, 6.07) is 8.27. The van der Waals surface area contributed by atoms with Crippen LogP contribution in [-0.4, -0.2) is 35.9 Å². The standard InChI is InChI=1S/C24H20Cl2F3NO3/c1-13(2)22(32)30-11-23(12-30)19-4-3-14(5-16(19)10-33-23)21(31)9-20(24(27,28)29)15-6-17(25)8-18(26)7-15/h3-9,13H,10-12H2,1-2H3. The molecule has 0 bridgehead atoms. The molecule has 1 spiro atoms. The van der Waals surface area contributed by atoms with Crippen LogP contribution < -0.4 is 0 Å². The van der Waals surface area contributed by atoms with Gasteiger partial charge in [-0.05, 0) is 47.0 Å². The fourth-order valence-corrected chi connectivity index (χ4v) is 4.74. The fourth-order valence-electron chi connectivity index (χ4n) is 4.21. The summed E-state index contributed by atoms with van der Waals surface area (Å²) in [5, 5.41) is 0.0659. The molecule has 2 heterocycles. The molecule has 1 saturated heterocycles. The molecule has 2 aromatic carbocycles. The van der Waals surface area contributed by atoms with E-state index in [1.807, 2.05) is 13.8 Å². The normalized spacial score (nSPS) is 17.3. The molecule has 1 amide bonds. The van der Waals surface area contributed by atoms with E-state index in [-0.39, 0.29) is 39.6 Å². The second kappa shape index (κ2) is 8.46. The van der Waals surface area contributed by atoms with Crippen LogP contribution in [0.3, 0.4) is 0 Å². The van der Waals surface area contributed by atoms with Crippen molar-refractivity contribution in [1.82, 2.24) is 4.90 Å². The number of benzene rings is 2. The minimum absolute atomic E-state index is 0.0329. The third-order valence-electron chi connectivity index (χ3n) is 5.84. The lowest BCUT2D eigenvalue weighted by Crippen LogP contribution is -2.61. The lowest BCUT2D eigenvalue weighted by atomic mass is 9.84. The van der Waals surface area contributed by atoms with Crippen LogP contribution in [0.1, 0.15) is 40.9 Å². The minimum Gasteiger partial charge on any atom is -0.362 e. The van der Waals surface area contributed by atoms with Crippen LogP contribution in [0.15, 0.2) is 42.5 Å². The highest BCUT2D eigenvalue weighted by molar-refractivity contribution is 6.35. The Kier molecular flexibility index (Phi) is 6.10. The van der Waals surface area contributed by atoms with Crippen molar-refractivity contribution in [3.05, 3.63) is 74.8 Å². The number of hydrogen-bond acceptors (Lipinski definition) is 3. The predicted molar refractivity (Wildman–Crippen MR) is 119 cm³/mol. The van der Waals surface area contributed by atoms with Gasteiger partial charge in [-0.25, -0.2) is 0 Å². The molecule has 4 nitrogen and oxygen atoms in total. The Morgan fingerprint density at radius 3 is 2.27 bits per heavy atom. The number of hydrogen-bond donors (Lipinski definition) is 0. The van der Waals surface area contributed by atoms with Gasteiger partial charge in [0.05, 0.1) is 25.3 Å². The summed E-state index contributed by atoms with van der Waals surface area (Å²) >= 11 is 11.7. The first-order chi connectivity index (χ1) is 15.4. The van der Waals surface area contributed by atoms with Crippen LogP contribution in [0.25, 0.3) is 5.57 Å². The number of ketones is 1. The maximum atomic E-state index is 13.7. The number of fused-ring (bicyclic) bond motifs is 2. The summed E-state index contributed by atoms with van der Waals surface area (Å²) < 4.78 is 47.1. The first-order valence-corrected chi connectivity index (χ1v) is 11.0. The number of carbonyl (C=O) groups excluding carboxylic acids is 2. The van der Waals surface area contributed by atoms with Gasteiger partial charge < -0.3 is 9.64 Å². The molecule has 0 radical (unpaired) electrons. The van der Waals surface area contributed by atoms with Gasteiger partial charge in [0.2, 0.25) is 5.91 Å². The number of amides is 1. The molecule has 174 valence electrons. The molecule has 0 saturated carbocycles. The van der Waals surface area contributed by atoms with Crippen LogP contribution >= 0.6 is 23.2 Å². The van der Waals surface area contributed by atoms with E-state index in [4.69, 9.17) is 27.9 Å². The van der Waals surface area contributed by atoms with E-state index in [0.717, 1.165) is 23.3 Å². The van der Waals surface area contributed by atoms with E-state index in [2.05, 4.69) is 0 Å². The zero-order valence-electron chi connectivity index (χ0n) is 17.8. The summed E-state index contributed by atoms with van der Waals surface area (Å²) in [4.78, 5) is 26.7. The van der Waals surface area contributed by atoms with Crippen molar-refractivity contribution >= 4 is 40.5 Å². The Morgan fingerprint density at radius 2 is 1.70 bits per heavy atom. The number of likely N-dealkylation sites (tertiary alicyclic amines) is 1. The summed E-state index contributed by atoms with van der Waals surface area (Å²) in [6.07, 6.45) is -4.23. The van der Waals surface area contributed by atoms with E-state index < -0.39 is 23.1 Å². The summed E-state index contributed by atoms with van der Waals surface area (Å²) in [5.74, 6) is -0.880. The predicted octanol–water partition coefficient (Wildman–Crippen LogP) is 6.05. The first kappa shape index (κ1) is 23.8. The number of halogens is 5. The fraction of sp³-hybridized carbons (Fsp3) is 0.333. The van der Waals surface area contributed by atoms with Gasteiger partial charge in [0.25, 0.3) is 0 Å². The number of alkyl halides is 3. The molecule has 2 aliphatic heterocycles. The molecule has 0 unspecified atom stereocenters. The van der Waals surface area contributed by atoms with Crippen molar-refractivity contribution in [3.63, 3.8) is 0 Å². The second-order valence-corrected chi connectivity index (χ2v) is 9.45. The third-order valence-corrected chi connectivity index (χ3v) is 6.27. The van der Waals surface area contributed by atoms with Crippen molar-refractivity contribution in [2.45, 2.75) is 32.2 Å². The maximum absolute atomic E-state index is 13.7. The molecule has 0 aromatic heterocycles. The van der Waals surface area contributed by atoms with Gasteiger partial charge >= 0.3 is 6.18 Å². The Balaban J connectivity index is 1.61. The Morgan fingerprint density at radius 1 is 1.06 bits per heavy atom. The molecule has 0 N–H and O–H groups in total. The van der Waals surface area contributed by atoms with Crippen molar-refractivity contribution in [2.75, 3.05) is 13.1 Å². The smallest absolute Gasteiger partial charge is 0.362 e. The molecule has 0 aliphatic carbocycles. The topological polar surface area (TPSA) is 46.6 Å². The average molecular weight is 498 g/mol. The van der Waals surface area contributed by atoms with Crippen molar-refractivity contribution in [1.29, 1.82) is 0 Å². The lowest BCUT2D eigenvalue weighted by Gasteiger charge is -2.48. The molecule has 0 atom stereocenters. The number of allylic oxidation sites excluding steroid dienone is 2. The van der Waals surface area contributed by atoms with Crippen LogP contribution in [0, 0.1) is 5.92 Å². The Hall–Kier alpha value is -2.35. The largest absolute Gasteiger partial charge is 0.417 e. The van der Waals surface area contributed by atoms with Gasteiger partial charge in [-0.3, -0.25) is 9.59 Å². The van der Waals surface area contributed by atoms with E-state index in [9.17, 15) is 22.8 Å². The summed E-state index contributed by atoms with van der Waals surface area (Å²) in [6.45, 7) is 4.71.